The summed E-state index contributed by atoms with van der Waals surface area (Å²) in [5.41, 5.74) is 4.56. The van der Waals surface area contributed by atoms with Crippen LogP contribution < -0.4 is 10.6 Å². The van der Waals surface area contributed by atoms with Crippen molar-refractivity contribution in [1.82, 2.24) is 4.98 Å². The molecule has 0 saturated carbocycles. The van der Waals surface area contributed by atoms with Crippen molar-refractivity contribution in [3.8, 4) is 0 Å². The number of nitrogens with zero attached hydrogens (tertiary/aromatic N) is 1. The number of anilines is 2. The Morgan fingerprint density at radius 3 is 2.57 bits per heavy atom. The number of aliphatic carboxylic acids is 1. The minimum Gasteiger partial charge on any atom is -0.481 e. The molecule has 0 radical (unpaired) electrons. The lowest BCUT2D eigenvalue weighted by atomic mass is 10.1. The van der Waals surface area contributed by atoms with Gasteiger partial charge in [-0.1, -0.05) is 30.3 Å². The monoisotopic (exact) mass is 395 g/mol. The molecule has 0 fully saturated rings. The zero-order valence-corrected chi connectivity index (χ0v) is 16.3. The van der Waals surface area contributed by atoms with E-state index in [1.807, 2.05) is 30.3 Å². The Labute approximate surface area is 167 Å². The van der Waals surface area contributed by atoms with Gasteiger partial charge in [0.2, 0.25) is 0 Å². The molecule has 0 aliphatic rings. The van der Waals surface area contributed by atoms with Crippen LogP contribution in [0.2, 0.25) is 0 Å². The fraction of sp³-hybridized carbons (Fsp3) is 0.190. The summed E-state index contributed by atoms with van der Waals surface area (Å²) < 4.78 is 0. The van der Waals surface area contributed by atoms with E-state index in [4.69, 9.17) is 5.11 Å². The maximum absolute atomic E-state index is 12.4. The van der Waals surface area contributed by atoms with Crippen molar-refractivity contribution in [1.29, 1.82) is 0 Å². The summed E-state index contributed by atoms with van der Waals surface area (Å²) in [5.74, 6) is -1.10. The van der Waals surface area contributed by atoms with Gasteiger partial charge in [0.05, 0.1) is 12.1 Å². The maximum atomic E-state index is 12.4. The molecular formula is C21H21N3O3S. The van der Waals surface area contributed by atoms with E-state index in [1.54, 1.807) is 17.5 Å². The van der Waals surface area contributed by atoms with Crippen molar-refractivity contribution >= 4 is 34.0 Å². The van der Waals surface area contributed by atoms with Crippen LogP contribution in [-0.2, 0) is 17.8 Å². The van der Waals surface area contributed by atoms with Crippen molar-refractivity contribution in [2.24, 2.45) is 0 Å². The average molecular weight is 395 g/mol. The number of carboxylic acids is 1. The lowest BCUT2D eigenvalue weighted by molar-refractivity contribution is -0.136. The van der Waals surface area contributed by atoms with Gasteiger partial charge in [-0.05, 0) is 36.2 Å². The van der Waals surface area contributed by atoms with Gasteiger partial charge in [-0.25, -0.2) is 4.98 Å². The van der Waals surface area contributed by atoms with Crippen LogP contribution in [0.15, 0.2) is 53.9 Å². The van der Waals surface area contributed by atoms with Gasteiger partial charge in [-0.2, -0.15) is 0 Å². The van der Waals surface area contributed by atoms with Gasteiger partial charge in [0.25, 0.3) is 5.91 Å². The summed E-state index contributed by atoms with van der Waals surface area (Å²) in [6, 6.07) is 15.5. The molecule has 3 aromatic rings. The first-order valence-electron chi connectivity index (χ1n) is 8.87. The zero-order chi connectivity index (χ0) is 19.9. The maximum Gasteiger partial charge on any atom is 0.303 e. The fourth-order valence-corrected chi connectivity index (χ4v) is 3.37. The Morgan fingerprint density at radius 2 is 1.86 bits per heavy atom. The minimum absolute atomic E-state index is 0.0229. The molecule has 0 aliphatic carbocycles. The number of carboxylic acid groups (broad SMARTS) is 1. The molecule has 1 amide bonds. The average Bonchev–Trinajstić information content (AvgIpc) is 3.13. The van der Waals surface area contributed by atoms with Crippen LogP contribution in [0.25, 0.3) is 0 Å². The van der Waals surface area contributed by atoms with Gasteiger partial charge in [0.1, 0.15) is 0 Å². The van der Waals surface area contributed by atoms with Crippen molar-refractivity contribution in [3.05, 3.63) is 76.3 Å². The topological polar surface area (TPSA) is 91.3 Å². The van der Waals surface area contributed by atoms with Crippen molar-refractivity contribution < 1.29 is 14.7 Å². The third kappa shape index (κ3) is 5.40. The Bertz CT molecular complexity index is 967. The number of aryl methyl sites for hydroxylation is 2. The smallest absolute Gasteiger partial charge is 0.303 e. The van der Waals surface area contributed by atoms with Crippen molar-refractivity contribution in [3.63, 3.8) is 0 Å². The summed E-state index contributed by atoms with van der Waals surface area (Å²) >= 11 is 1.29. The van der Waals surface area contributed by atoms with Crippen LogP contribution in [0.3, 0.4) is 0 Å². The van der Waals surface area contributed by atoms with E-state index in [1.165, 1.54) is 16.9 Å². The van der Waals surface area contributed by atoms with E-state index in [2.05, 4.69) is 28.6 Å². The number of hydrogen-bond donors (Lipinski definition) is 3. The van der Waals surface area contributed by atoms with Crippen LogP contribution in [0.4, 0.5) is 10.8 Å². The second-order valence-corrected chi connectivity index (χ2v) is 7.22. The first-order valence-corrected chi connectivity index (χ1v) is 9.75. The molecule has 6 nitrogen and oxygen atoms in total. The van der Waals surface area contributed by atoms with E-state index >= 15 is 0 Å². The number of thiazole rings is 1. The molecule has 0 unspecified atom stereocenters. The van der Waals surface area contributed by atoms with E-state index in [9.17, 15) is 9.59 Å². The van der Waals surface area contributed by atoms with Gasteiger partial charge >= 0.3 is 5.97 Å². The third-order valence-corrected chi connectivity index (χ3v) is 5.02. The van der Waals surface area contributed by atoms with Gasteiger partial charge in [0, 0.05) is 29.6 Å². The number of amides is 1. The highest BCUT2D eigenvalue weighted by atomic mass is 32.1. The van der Waals surface area contributed by atoms with Gasteiger partial charge in [-0.3, -0.25) is 14.9 Å². The number of benzene rings is 2. The van der Waals surface area contributed by atoms with Crippen LogP contribution in [0, 0.1) is 6.92 Å². The molecule has 28 heavy (non-hydrogen) atoms. The van der Waals surface area contributed by atoms with Gasteiger partial charge < -0.3 is 10.4 Å². The van der Waals surface area contributed by atoms with Gasteiger partial charge in [0.15, 0.2) is 5.13 Å². The highest BCUT2D eigenvalue weighted by molar-refractivity contribution is 7.14. The Kier molecular flexibility index (Phi) is 6.39. The lowest BCUT2D eigenvalue weighted by Crippen LogP contribution is -2.12. The molecule has 1 aromatic heterocycles. The molecule has 0 aliphatic heterocycles. The van der Waals surface area contributed by atoms with E-state index in [0.717, 1.165) is 11.3 Å². The SMILES string of the molecule is Cc1ccccc1NCc1ccc(C(=O)Nc2nc(CCC(=O)O)cs2)cc1. The molecule has 0 atom stereocenters. The normalized spacial score (nSPS) is 10.5. The zero-order valence-electron chi connectivity index (χ0n) is 15.4. The first-order chi connectivity index (χ1) is 13.5. The van der Waals surface area contributed by atoms with Crippen molar-refractivity contribution in [2.75, 3.05) is 10.6 Å². The van der Waals surface area contributed by atoms with E-state index < -0.39 is 5.97 Å². The van der Waals surface area contributed by atoms with Crippen LogP contribution in [0.1, 0.15) is 33.6 Å². The van der Waals surface area contributed by atoms with E-state index in [-0.39, 0.29) is 12.3 Å². The molecular weight excluding hydrogens is 374 g/mol. The number of rotatable bonds is 8. The summed E-state index contributed by atoms with van der Waals surface area (Å²) in [5, 5.41) is 17.1. The Morgan fingerprint density at radius 1 is 1.11 bits per heavy atom. The summed E-state index contributed by atoms with van der Waals surface area (Å²) in [4.78, 5) is 27.2. The van der Waals surface area contributed by atoms with E-state index in [0.29, 0.717) is 29.4 Å². The fourth-order valence-electron chi connectivity index (χ4n) is 2.63. The van der Waals surface area contributed by atoms with Crippen LogP contribution in [-0.4, -0.2) is 22.0 Å². The molecule has 0 bridgehead atoms. The molecule has 144 valence electrons. The number of carbonyl (C=O) groups is 2. The predicted molar refractivity (Wildman–Crippen MR) is 111 cm³/mol. The predicted octanol–water partition coefficient (Wildman–Crippen LogP) is 4.33. The highest BCUT2D eigenvalue weighted by Crippen LogP contribution is 2.18. The molecule has 2 aromatic carbocycles. The number of nitrogens with one attached hydrogen (secondary N) is 2. The minimum atomic E-state index is -0.865. The number of carbonyl (C=O) groups excluding carboxylic acids is 1. The number of hydrogen-bond acceptors (Lipinski definition) is 5. The lowest BCUT2D eigenvalue weighted by Gasteiger charge is -2.09. The molecule has 1 heterocycles. The number of aromatic nitrogens is 1. The van der Waals surface area contributed by atoms with Crippen LogP contribution in [0.5, 0.6) is 0 Å². The van der Waals surface area contributed by atoms with Crippen molar-refractivity contribution in [2.45, 2.75) is 26.3 Å². The molecule has 0 saturated heterocycles. The highest BCUT2D eigenvalue weighted by Gasteiger charge is 2.10. The molecule has 0 spiro atoms. The Balaban J connectivity index is 1.55. The Hall–Kier alpha value is -3.19. The molecule has 7 heteroatoms. The number of para-hydroxylation sites is 1. The standard InChI is InChI=1S/C21H21N3O3S/c1-14-4-2-3-5-18(14)22-12-15-6-8-16(9-7-15)20(27)24-21-23-17(13-28-21)10-11-19(25)26/h2-9,13,22H,10-12H2,1H3,(H,25,26)(H,23,24,27). The summed E-state index contributed by atoms with van der Waals surface area (Å²) in [6.07, 6.45) is 0.374. The quantitative estimate of drug-likeness (QED) is 0.528. The molecule has 3 N–H and O–H groups in total. The third-order valence-electron chi connectivity index (χ3n) is 4.21. The summed E-state index contributed by atoms with van der Waals surface area (Å²) in [6.45, 7) is 2.73. The first kappa shape index (κ1) is 19.6. The largest absolute Gasteiger partial charge is 0.481 e. The summed E-state index contributed by atoms with van der Waals surface area (Å²) in [7, 11) is 0. The second kappa shape index (κ2) is 9.14. The van der Waals surface area contributed by atoms with Gasteiger partial charge in [-0.15, -0.1) is 11.3 Å². The second-order valence-electron chi connectivity index (χ2n) is 6.36. The molecule has 3 rings (SSSR count). The van der Waals surface area contributed by atoms with Crippen LogP contribution >= 0.6 is 11.3 Å².